The number of nitrogens with one attached hydrogen (secondary N) is 1. The van der Waals surface area contributed by atoms with E-state index < -0.39 is 11.7 Å². The molecule has 8 nitrogen and oxygen atoms in total. The van der Waals surface area contributed by atoms with E-state index in [1.54, 1.807) is 4.90 Å². The van der Waals surface area contributed by atoms with Crippen molar-refractivity contribution in [3.8, 4) is 0 Å². The number of benzene rings is 1. The zero-order valence-corrected chi connectivity index (χ0v) is 12.2. The maximum Gasteiger partial charge on any atom is 0.434 e. The van der Waals surface area contributed by atoms with Crippen molar-refractivity contribution in [3.63, 3.8) is 0 Å². The summed E-state index contributed by atoms with van der Waals surface area (Å²) in [6, 6.07) is 5.87. The number of carbonyl (C=O) groups excluding carboxylic acids is 1. The number of aromatic carboxylic acids is 1. The molecule has 1 saturated heterocycles. The minimum Gasteiger partial charge on any atom is -0.478 e. The first-order valence-electron chi connectivity index (χ1n) is 7.22. The molecular weight excluding hydrogens is 302 g/mol. The van der Waals surface area contributed by atoms with Crippen LogP contribution in [0.15, 0.2) is 33.5 Å². The third-order valence-corrected chi connectivity index (χ3v) is 3.96. The molecule has 1 fully saturated rings. The Hall–Kier alpha value is -2.90. The molecule has 23 heavy (non-hydrogen) atoms. The molecule has 0 spiro atoms. The minimum absolute atomic E-state index is 0.0207. The van der Waals surface area contributed by atoms with Crippen LogP contribution in [0, 0.1) is 0 Å². The molecule has 0 unspecified atom stereocenters. The van der Waals surface area contributed by atoms with E-state index in [1.807, 2.05) is 0 Å². The number of piperidine rings is 1. The van der Waals surface area contributed by atoms with E-state index in [9.17, 15) is 14.4 Å². The van der Waals surface area contributed by atoms with Crippen LogP contribution in [0.5, 0.6) is 0 Å². The number of amides is 1. The third kappa shape index (κ3) is 3.15. The lowest BCUT2D eigenvalue weighted by atomic mass is 9.96. The Kier molecular flexibility index (Phi) is 3.96. The summed E-state index contributed by atoms with van der Waals surface area (Å²) in [5.74, 6) is -1.33. The second-order valence-corrected chi connectivity index (χ2v) is 5.40. The zero-order chi connectivity index (χ0) is 16.4. The number of rotatable bonds is 3. The van der Waals surface area contributed by atoms with Crippen LogP contribution in [-0.4, -0.2) is 45.2 Å². The molecule has 1 aliphatic rings. The number of nitrogens with zero attached hydrogens (tertiary/aromatic N) is 2. The number of H-pyrrole nitrogens is 1. The van der Waals surface area contributed by atoms with E-state index in [1.165, 1.54) is 24.3 Å². The average Bonchev–Trinajstić information content (AvgIpc) is 3.01. The van der Waals surface area contributed by atoms with Gasteiger partial charge in [-0.25, -0.2) is 14.7 Å². The molecule has 2 aromatic rings. The van der Waals surface area contributed by atoms with Crippen LogP contribution in [-0.2, 0) is 0 Å². The van der Waals surface area contributed by atoms with Crippen molar-refractivity contribution >= 4 is 11.9 Å². The SMILES string of the molecule is O=C(O)c1ccc(C(=O)N2CCC(c3n[nH]c(=O)o3)CC2)cc1. The lowest BCUT2D eigenvalue weighted by Gasteiger charge is -2.30. The molecule has 8 heteroatoms. The number of aromatic nitrogens is 2. The van der Waals surface area contributed by atoms with Crippen molar-refractivity contribution in [1.82, 2.24) is 15.1 Å². The van der Waals surface area contributed by atoms with Gasteiger partial charge in [0, 0.05) is 24.6 Å². The summed E-state index contributed by atoms with van der Waals surface area (Å²) in [6.07, 6.45) is 1.32. The van der Waals surface area contributed by atoms with Gasteiger partial charge in [-0.1, -0.05) is 0 Å². The number of hydrogen-bond acceptors (Lipinski definition) is 5. The molecule has 3 rings (SSSR count). The van der Waals surface area contributed by atoms with Crippen LogP contribution in [0.2, 0.25) is 0 Å². The molecule has 120 valence electrons. The average molecular weight is 317 g/mol. The van der Waals surface area contributed by atoms with Crippen molar-refractivity contribution in [2.45, 2.75) is 18.8 Å². The smallest absolute Gasteiger partial charge is 0.434 e. The summed E-state index contributed by atoms with van der Waals surface area (Å²) < 4.78 is 4.96. The highest BCUT2D eigenvalue weighted by Gasteiger charge is 2.27. The quantitative estimate of drug-likeness (QED) is 0.875. The highest BCUT2D eigenvalue weighted by atomic mass is 16.4. The molecule has 0 atom stereocenters. The largest absolute Gasteiger partial charge is 0.478 e. The van der Waals surface area contributed by atoms with E-state index >= 15 is 0 Å². The van der Waals surface area contributed by atoms with Crippen LogP contribution in [0.3, 0.4) is 0 Å². The molecule has 1 aromatic carbocycles. The summed E-state index contributed by atoms with van der Waals surface area (Å²) in [5, 5.41) is 14.9. The highest BCUT2D eigenvalue weighted by molar-refractivity contribution is 5.95. The Morgan fingerprint density at radius 1 is 1.17 bits per heavy atom. The molecule has 0 bridgehead atoms. The Morgan fingerprint density at radius 3 is 2.30 bits per heavy atom. The maximum atomic E-state index is 12.4. The lowest BCUT2D eigenvalue weighted by molar-refractivity contribution is 0.0687. The molecule has 0 aliphatic carbocycles. The van der Waals surface area contributed by atoms with Gasteiger partial charge in [-0.2, -0.15) is 0 Å². The maximum absolute atomic E-state index is 12.4. The fourth-order valence-electron chi connectivity index (χ4n) is 2.68. The standard InChI is InChI=1S/C15H15N3O5/c19-13(10-1-3-11(4-2-10)14(20)21)18-7-5-9(6-8-18)12-16-17-15(22)23-12/h1-4,9H,5-8H2,(H,17,22)(H,20,21). The van der Waals surface area contributed by atoms with Crippen LogP contribution in [0.1, 0.15) is 45.4 Å². The van der Waals surface area contributed by atoms with Crippen LogP contribution >= 0.6 is 0 Å². The molecule has 2 heterocycles. The molecular formula is C15H15N3O5. The van der Waals surface area contributed by atoms with Crippen molar-refractivity contribution in [2.24, 2.45) is 0 Å². The van der Waals surface area contributed by atoms with Gasteiger partial charge >= 0.3 is 11.7 Å². The first-order valence-corrected chi connectivity index (χ1v) is 7.22. The predicted molar refractivity (Wildman–Crippen MR) is 78.4 cm³/mol. The van der Waals surface area contributed by atoms with Crippen LogP contribution < -0.4 is 5.76 Å². The van der Waals surface area contributed by atoms with Crippen molar-refractivity contribution in [2.75, 3.05) is 13.1 Å². The predicted octanol–water partition coefficient (Wildman–Crippen LogP) is 1.08. The lowest BCUT2D eigenvalue weighted by Crippen LogP contribution is -2.38. The van der Waals surface area contributed by atoms with Crippen molar-refractivity contribution in [3.05, 3.63) is 51.8 Å². The second kappa shape index (κ2) is 6.07. The Labute approximate surface area is 130 Å². The Morgan fingerprint density at radius 2 is 1.78 bits per heavy atom. The van der Waals surface area contributed by atoms with E-state index in [4.69, 9.17) is 9.52 Å². The van der Waals surface area contributed by atoms with Gasteiger partial charge in [0.2, 0.25) is 5.89 Å². The normalized spacial score (nSPS) is 15.6. The minimum atomic E-state index is -1.02. The van der Waals surface area contributed by atoms with E-state index in [-0.39, 0.29) is 17.4 Å². The van der Waals surface area contributed by atoms with E-state index in [0.717, 1.165) is 0 Å². The van der Waals surface area contributed by atoms with Gasteiger partial charge in [0.25, 0.3) is 5.91 Å². The van der Waals surface area contributed by atoms with E-state index in [0.29, 0.717) is 37.4 Å². The number of likely N-dealkylation sites (tertiary alicyclic amines) is 1. The fourth-order valence-corrected chi connectivity index (χ4v) is 2.68. The van der Waals surface area contributed by atoms with Crippen LogP contribution in [0.25, 0.3) is 0 Å². The number of aromatic amines is 1. The van der Waals surface area contributed by atoms with Gasteiger partial charge in [-0.05, 0) is 37.1 Å². The van der Waals surface area contributed by atoms with E-state index in [2.05, 4.69) is 10.2 Å². The first-order chi connectivity index (χ1) is 11.0. The third-order valence-electron chi connectivity index (χ3n) is 3.96. The summed E-state index contributed by atoms with van der Waals surface area (Å²) in [4.78, 5) is 35.9. The Bertz CT molecular complexity index is 769. The topological polar surface area (TPSA) is 116 Å². The van der Waals surface area contributed by atoms with Gasteiger partial charge in [0.05, 0.1) is 5.56 Å². The van der Waals surface area contributed by atoms with Gasteiger partial charge in [0.15, 0.2) is 0 Å². The van der Waals surface area contributed by atoms with Gasteiger partial charge in [0.1, 0.15) is 0 Å². The second-order valence-electron chi connectivity index (χ2n) is 5.40. The zero-order valence-electron chi connectivity index (χ0n) is 12.2. The fraction of sp³-hybridized carbons (Fsp3) is 0.333. The molecule has 0 saturated carbocycles. The molecule has 0 radical (unpaired) electrons. The monoisotopic (exact) mass is 317 g/mol. The van der Waals surface area contributed by atoms with Crippen molar-refractivity contribution in [1.29, 1.82) is 0 Å². The summed E-state index contributed by atoms with van der Waals surface area (Å²) in [7, 11) is 0. The summed E-state index contributed by atoms with van der Waals surface area (Å²) >= 11 is 0. The van der Waals surface area contributed by atoms with Gasteiger partial charge in [-0.15, -0.1) is 5.10 Å². The number of carboxylic acid groups (broad SMARTS) is 1. The van der Waals surface area contributed by atoms with Gasteiger partial charge in [-0.3, -0.25) is 4.79 Å². The number of carbonyl (C=O) groups is 2. The van der Waals surface area contributed by atoms with Crippen LogP contribution in [0.4, 0.5) is 0 Å². The summed E-state index contributed by atoms with van der Waals surface area (Å²) in [6.45, 7) is 1.06. The first kappa shape index (κ1) is 15.0. The molecule has 1 aromatic heterocycles. The summed E-state index contributed by atoms with van der Waals surface area (Å²) in [5.41, 5.74) is 0.605. The molecule has 2 N–H and O–H groups in total. The van der Waals surface area contributed by atoms with Crippen molar-refractivity contribution < 1.29 is 19.1 Å². The number of hydrogen-bond donors (Lipinski definition) is 2. The van der Waals surface area contributed by atoms with Gasteiger partial charge < -0.3 is 14.4 Å². The molecule has 1 amide bonds. The number of carboxylic acids is 1. The Balaban J connectivity index is 1.63. The molecule has 1 aliphatic heterocycles. The highest BCUT2D eigenvalue weighted by Crippen LogP contribution is 2.26.